The molecule has 1 atom stereocenters. The highest BCUT2D eigenvalue weighted by molar-refractivity contribution is 5.95. The Kier molecular flexibility index (Phi) is 7.29. The Balaban J connectivity index is 0.00000261. The van der Waals surface area contributed by atoms with E-state index in [0.717, 1.165) is 61.8 Å². The summed E-state index contributed by atoms with van der Waals surface area (Å²) < 4.78 is 0. The van der Waals surface area contributed by atoms with Crippen LogP contribution in [0, 0.1) is 19.8 Å². The third kappa shape index (κ3) is 5.02. The van der Waals surface area contributed by atoms with Crippen LogP contribution in [0.4, 0.5) is 0 Å². The fourth-order valence-electron chi connectivity index (χ4n) is 4.45. The van der Waals surface area contributed by atoms with Gasteiger partial charge in [-0.2, -0.15) is 0 Å². The van der Waals surface area contributed by atoms with Gasteiger partial charge in [0.2, 0.25) is 5.91 Å². The average molecular weight is 394 g/mol. The molecule has 6 heteroatoms. The molecule has 0 spiro atoms. The number of carbonyl (C=O) groups excluding carboxylic acids is 2. The standard InChI is InChI=1S/C21H31N3O2.ClH/c1-15-10-16(2)12-18(11-15)20(26)24-9-5-6-17(13-24)19(25)23-21(14-22)7-3-4-8-21;/h10-12,17H,3-9,13-14,22H2,1-2H3,(H,23,25);1H. The smallest absolute Gasteiger partial charge is 0.253 e. The molecule has 27 heavy (non-hydrogen) atoms. The van der Waals surface area contributed by atoms with Crippen molar-refractivity contribution in [3.05, 3.63) is 34.9 Å². The molecule has 2 fully saturated rings. The predicted octanol–water partition coefficient (Wildman–Crippen LogP) is 2.97. The van der Waals surface area contributed by atoms with Gasteiger partial charge in [0, 0.05) is 25.2 Å². The van der Waals surface area contributed by atoms with Crippen LogP contribution in [0.15, 0.2) is 18.2 Å². The lowest BCUT2D eigenvalue weighted by Crippen LogP contribution is -2.55. The maximum atomic E-state index is 12.9. The first-order valence-corrected chi connectivity index (χ1v) is 9.82. The van der Waals surface area contributed by atoms with E-state index in [9.17, 15) is 9.59 Å². The van der Waals surface area contributed by atoms with Crippen molar-refractivity contribution in [2.75, 3.05) is 19.6 Å². The molecule has 1 saturated heterocycles. The van der Waals surface area contributed by atoms with Gasteiger partial charge < -0.3 is 16.0 Å². The Morgan fingerprint density at radius 2 is 1.78 bits per heavy atom. The zero-order valence-corrected chi connectivity index (χ0v) is 17.2. The van der Waals surface area contributed by atoms with E-state index < -0.39 is 0 Å². The zero-order chi connectivity index (χ0) is 18.7. The second-order valence-corrected chi connectivity index (χ2v) is 8.15. The van der Waals surface area contributed by atoms with Gasteiger partial charge >= 0.3 is 0 Å². The molecule has 1 aliphatic carbocycles. The van der Waals surface area contributed by atoms with E-state index in [2.05, 4.69) is 11.4 Å². The van der Waals surface area contributed by atoms with Crippen molar-refractivity contribution in [1.29, 1.82) is 0 Å². The summed E-state index contributed by atoms with van der Waals surface area (Å²) in [7, 11) is 0. The van der Waals surface area contributed by atoms with Crippen molar-refractivity contribution in [2.24, 2.45) is 11.7 Å². The van der Waals surface area contributed by atoms with Gasteiger partial charge in [0.05, 0.1) is 11.5 Å². The lowest BCUT2D eigenvalue weighted by atomic mass is 9.92. The molecule has 0 bridgehead atoms. The van der Waals surface area contributed by atoms with E-state index in [0.29, 0.717) is 13.1 Å². The summed E-state index contributed by atoms with van der Waals surface area (Å²) in [6.45, 7) is 5.72. The largest absolute Gasteiger partial charge is 0.349 e. The average Bonchev–Trinajstić information content (AvgIpc) is 3.09. The SMILES string of the molecule is Cc1cc(C)cc(C(=O)N2CCCC(C(=O)NC3(CN)CCCC3)C2)c1.Cl. The summed E-state index contributed by atoms with van der Waals surface area (Å²) in [5, 5.41) is 3.23. The molecule has 2 amide bonds. The minimum Gasteiger partial charge on any atom is -0.349 e. The maximum Gasteiger partial charge on any atom is 0.253 e. The normalized spacial score (nSPS) is 21.4. The van der Waals surface area contributed by atoms with E-state index in [-0.39, 0.29) is 35.7 Å². The van der Waals surface area contributed by atoms with E-state index in [1.165, 1.54) is 0 Å². The Hall–Kier alpha value is -1.59. The molecule has 1 unspecified atom stereocenters. The molecule has 0 radical (unpaired) electrons. The van der Waals surface area contributed by atoms with Gasteiger partial charge in [0.15, 0.2) is 0 Å². The third-order valence-corrected chi connectivity index (χ3v) is 5.89. The van der Waals surface area contributed by atoms with Crippen molar-refractivity contribution in [2.45, 2.75) is 57.9 Å². The molecule has 1 heterocycles. The zero-order valence-electron chi connectivity index (χ0n) is 16.4. The number of amides is 2. The van der Waals surface area contributed by atoms with Crippen LogP contribution in [0.3, 0.4) is 0 Å². The Bertz CT molecular complexity index is 666. The molecule has 3 rings (SSSR count). The number of nitrogens with one attached hydrogen (secondary N) is 1. The number of hydrogen-bond acceptors (Lipinski definition) is 3. The van der Waals surface area contributed by atoms with Crippen LogP contribution in [-0.2, 0) is 4.79 Å². The second kappa shape index (κ2) is 9.07. The van der Waals surface area contributed by atoms with Gasteiger partial charge in [-0.15, -0.1) is 12.4 Å². The van der Waals surface area contributed by atoms with Gasteiger partial charge in [-0.05, 0) is 51.7 Å². The van der Waals surface area contributed by atoms with Gasteiger partial charge in [-0.1, -0.05) is 30.0 Å². The van der Waals surface area contributed by atoms with Gasteiger partial charge in [0.25, 0.3) is 5.91 Å². The quantitative estimate of drug-likeness (QED) is 0.825. The summed E-state index contributed by atoms with van der Waals surface area (Å²) in [5.74, 6) is -0.0402. The van der Waals surface area contributed by atoms with Crippen LogP contribution < -0.4 is 11.1 Å². The predicted molar refractivity (Wildman–Crippen MR) is 110 cm³/mol. The molecule has 0 aromatic heterocycles. The van der Waals surface area contributed by atoms with Crippen LogP contribution in [-0.4, -0.2) is 41.9 Å². The fourth-order valence-corrected chi connectivity index (χ4v) is 4.45. The highest BCUT2D eigenvalue weighted by Gasteiger charge is 2.37. The summed E-state index contributed by atoms with van der Waals surface area (Å²) in [5.41, 5.74) is 8.62. The maximum absolute atomic E-state index is 12.9. The Morgan fingerprint density at radius 1 is 1.15 bits per heavy atom. The molecule has 1 aromatic carbocycles. The number of carbonyl (C=O) groups is 2. The van der Waals surface area contributed by atoms with E-state index >= 15 is 0 Å². The number of hydrogen-bond donors (Lipinski definition) is 2. The fraction of sp³-hybridized carbons (Fsp3) is 0.619. The molecule has 1 aromatic rings. The first kappa shape index (κ1) is 21.7. The monoisotopic (exact) mass is 393 g/mol. The number of halogens is 1. The molecule has 1 aliphatic heterocycles. The topological polar surface area (TPSA) is 75.4 Å². The van der Waals surface area contributed by atoms with Crippen molar-refractivity contribution in [3.63, 3.8) is 0 Å². The van der Waals surface area contributed by atoms with Crippen LogP contribution in [0.2, 0.25) is 0 Å². The van der Waals surface area contributed by atoms with E-state index in [1.54, 1.807) is 0 Å². The Labute approximate surface area is 168 Å². The van der Waals surface area contributed by atoms with Crippen LogP contribution >= 0.6 is 12.4 Å². The number of nitrogens with zero attached hydrogens (tertiary/aromatic N) is 1. The van der Waals surface area contributed by atoms with Crippen molar-refractivity contribution in [1.82, 2.24) is 10.2 Å². The van der Waals surface area contributed by atoms with Crippen LogP contribution in [0.1, 0.15) is 60.0 Å². The molecular weight excluding hydrogens is 362 g/mol. The van der Waals surface area contributed by atoms with Crippen molar-refractivity contribution >= 4 is 24.2 Å². The molecule has 150 valence electrons. The number of likely N-dealkylation sites (tertiary alicyclic amines) is 1. The molecule has 5 nitrogen and oxygen atoms in total. The van der Waals surface area contributed by atoms with Crippen molar-refractivity contribution < 1.29 is 9.59 Å². The molecule has 3 N–H and O–H groups in total. The highest BCUT2D eigenvalue weighted by atomic mass is 35.5. The summed E-state index contributed by atoms with van der Waals surface area (Å²) in [4.78, 5) is 27.6. The van der Waals surface area contributed by atoms with Gasteiger partial charge in [-0.3, -0.25) is 9.59 Å². The Morgan fingerprint density at radius 3 is 2.37 bits per heavy atom. The van der Waals surface area contributed by atoms with Crippen molar-refractivity contribution in [3.8, 4) is 0 Å². The lowest BCUT2D eigenvalue weighted by Gasteiger charge is -2.35. The molecule has 1 saturated carbocycles. The molecular formula is C21H32ClN3O2. The second-order valence-electron chi connectivity index (χ2n) is 8.15. The molecule has 2 aliphatic rings. The summed E-state index contributed by atoms with van der Waals surface area (Å²) >= 11 is 0. The number of aryl methyl sites for hydroxylation is 2. The minimum absolute atomic E-state index is 0. The minimum atomic E-state index is -0.225. The first-order chi connectivity index (χ1) is 12.4. The van der Waals surface area contributed by atoms with E-state index in [1.807, 2.05) is 30.9 Å². The third-order valence-electron chi connectivity index (χ3n) is 5.89. The summed E-state index contributed by atoms with van der Waals surface area (Å²) in [6.07, 6.45) is 5.88. The summed E-state index contributed by atoms with van der Waals surface area (Å²) in [6, 6.07) is 5.93. The van der Waals surface area contributed by atoms with Crippen LogP contribution in [0.25, 0.3) is 0 Å². The number of piperidine rings is 1. The number of rotatable bonds is 4. The van der Waals surface area contributed by atoms with Gasteiger partial charge in [0.1, 0.15) is 0 Å². The van der Waals surface area contributed by atoms with Gasteiger partial charge in [-0.25, -0.2) is 0 Å². The number of nitrogens with two attached hydrogens (primary N) is 1. The van der Waals surface area contributed by atoms with Crippen LogP contribution in [0.5, 0.6) is 0 Å². The van der Waals surface area contributed by atoms with E-state index in [4.69, 9.17) is 5.73 Å². The first-order valence-electron chi connectivity index (χ1n) is 9.82. The lowest BCUT2D eigenvalue weighted by molar-refractivity contribution is -0.128. The number of benzene rings is 1. The highest BCUT2D eigenvalue weighted by Crippen LogP contribution is 2.30.